The Bertz CT molecular complexity index is 1520. The van der Waals surface area contributed by atoms with Crippen molar-refractivity contribution in [2.24, 2.45) is 12.8 Å². The van der Waals surface area contributed by atoms with Gasteiger partial charge in [0.25, 0.3) is 5.56 Å². The van der Waals surface area contributed by atoms with Gasteiger partial charge in [0.2, 0.25) is 0 Å². The molecule has 0 radical (unpaired) electrons. The number of hydrogen-bond donors (Lipinski definition) is 1. The molecule has 0 aliphatic carbocycles. The van der Waals surface area contributed by atoms with Crippen molar-refractivity contribution in [3.05, 3.63) is 123 Å². The van der Waals surface area contributed by atoms with Crippen LogP contribution in [0.3, 0.4) is 0 Å². The highest BCUT2D eigenvalue weighted by Crippen LogP contribution is 2.34. The maximum absolute atomic E-state index is 15.0. The van der Waals surface area contributed by atoms with E-state index in [0.29, 0.717) is 17.2 Å². The minimum Gasteiger partial charge on any atom is -0.398 e. The highest BCUT2D eigenvalue weighted by atomic mass is 19.4. The molecule has 0 aliphatic rings. The lowest BCUT2D eigenvalue weighted by Crippen LogP contribution is -2.22. The molecule has 0 saturated heterocycles. The van der Waals surface area contributed by atoms with E-state index in [1.807, 2.05) is 0 Å². The van der Waals surface area contributed by atoms with Crippen LogP contribution in [0.1, 0.15) is 28.1 Å². The highest BCUT2D eigenvalue weighted by molar-refractivity contribution is 5.96. The van der Waals surface area contributed by atoms with E-state index in [4.69, 9.17) is 5.73 Å². The summed E-state index contributed by atoms with van der Waals surface area (Å²) in [5.74, 6) is -1.76. The zero-order valence-electron chi connectivity index (χ0n) is 19.2. The standard InChI is InChI=1S/C27H20F5N3O/c1-15-24(17-8-10-18(11-9-17)27(30,31)32)35(2)25(34-26(15)36)22(20-13-12-19(28)14-21(20)29)23(33)16-6-4-3-5-7-16/h3-14H,33H2,1-2H3. The average molecular weight is 497 g/mol. The normalized spacial score (nSPS) is 12.4. The van der Waals surface area contributed by atoms with Gasteiger partial charge in [-0.1, -0.05) is 42.5 Å². The van der Waals surface area contributed by atoms with Gasteiger partial charge in [0.1, 0.15) is 17.5 Å². The molecule has 1 aromatic heterocycles. The molecular weight excluding hydrogens is 477 g/mol. The minimum atomic E-state index is -4.52. The summed E-state index contributed by atoms with van der Waals surface area (Å²) in [4.78, 5) is 17.1. The number of halogens is 5. The molecule has 4 aromatic rings. The van der Waals surface area contributed by atoms with Crippen LogP contribution >= 0.6 is 0 Å². The second kappa shape index (κ2) is 9.41. The van der Waals surface area contributed by atoms with Gasteiger partial charge in [-0.25, -0.2) is 8.78 Å². The van der Waals surface area contributed by atoms with Crippen LogP contribution in [-0.4, -0.2) is 9.55 Å². The van der Waals surface area contributed by atoms with Crippen molar-refractivity contribution in [1.29, 1.82) is 0 Å². The van der Waals surface area contributed by atoms with Crippen molar-refractivity contribution in [2.75, 3.05) is 0 Å². The molecule has 0 bridgehead atoms. The van der Waals surface area contributed by atoms with E-state index in [9.17, 15) is 22.4 Å². The van der Waals surface area contributed by atoms with Crippen molar-refractivity contribution < 1.29 is 22.0 Å². The molecule has 36 heavy (non-hydrogen) atoms. The van der Waals surface area contributed by atoms with Crippen molar-refractivity contribution in [2.45, 2.75) is 13.1 Å². The third kappa shape index (κ3) is 4.64. The molecule has 0 amide bonds. The highest BCUT2D eigenvalue weighted by Gasteiger charge is 2.30. The number of hydrogen-bond acceptors (Lipinski definition) is 3. The van der Waals surface area contributed by atoms with Crippen LogP contribution in [0.15, 0.2) is 77.6 Å². The summed E-state index contributed by atoms with van der Waals surface area (Å²) in [6.45, 7) is 1.49. The molecule has 184 valence electrons. The molecule has 0 unspecified atom stereocenters. The third-order valence-corrected chi connectivity index (χ3v) is 5.80. The SMILES string of the molecule is Cc1c(-c2ccc(C(F)(F)F)cc2)n(C)c(C(=C(N)c2ccccc2)c2ccc(F)cc2F)nc1=O. The summed E-state index contributed by atoms with van der Waals surface area (Å²) in [6.07, 6.45) is -4.52. The van der Waals surface area contributed by atoms with Crippen molar-refractivity contribution in [1.82, 2.24) is 9.55 Å². The van der Waals surface area contributed by atoms with Crippen molar-refractivity contribution >= 4 is 11.3 Å². The summed E-state index contributed by atoms with van der Waals surface area (Å²) in [6, 6.07) is 15.8. The van der Waals surface area contributed by atoms with E-state index in [2.05, 4.69) is 4.98 Å². The predicted molar refractivity (Wildman–Crippen MR) is 128 cm³/mol. The minimum absolute atomic E-state index is 0.0338. The molecule has 0 aliphatic heterocycles. The number of nitrogens with zero attached hydrogens (tertiary/aromatic N) is 2. The maximum atomic E-state index is 15.0. The average Bonchev–Trinajstić information content (AvgIpc) is 2.84. The molecule has 4 rings (SSSR count). The molecule has 0 saturated carbocycles. The maximum Gasteiger partial charge on any atom is 0.416 e. The monoisotopic (exact) mass is 497 g/mol. The number of alkyl halides is 3. The van der Waals surface area contributed by atoms with E-state index in [-0.39, 0.29) is 33.9 Å². The van der Waals surface area contributed by atoms with Gasteiger partial charge in [-0.15, -0.1) is 0 Å². The van der Waals surface area contributed by atoms with E-state index >= 15 is 4.39 Å². The van der Waals surface area contributed by atoms with Gasteiger partial charge in [-0.3, -0.25) is 4.79 Å². The smallest absolute Gasteiger partial charge is 0.398 e. The summed E-state index contributed by atoms with van der Waals surface area (Å²) in [5, 5.41) is 0. The van der Waals surface area contributed by atoms with E-state index in [1.165, 1.54) is 29.7 Å². The Labute approximate surface area is 203 Å². The predicted octanol–water partition coefficient (Wildman–Crippen LogP) is 5.93. The lowest BCUT2D eigenvalue weighted by atomic mass is 9.97. The summed E-state index contributed by atoms with van der Waals surface area (Å²) in [5.41, 5.74) is 6.25. The van der Waals surface area contributed by atoms with Gasteiger partial charge in [0.05, 0.1) is 22.5 Å². The molecule has 9 heteroatoms. The van der Waals surface area contributed by atoms with E-state index in [1.54, 1.807) is 37.4 Å². The van der Waals surface area contributed by atoms with E-state index < -0.39 is 28.9 Å². The fourth-order valence-corrected chi connectivity index (χ4v) is 4.00. The first-order valence-corrected chi connectivity index (χ1v) is 10.7. The van der Waals surface area contributed by atoms with Crippen LogP contribution in [0.4, 0.5) is 22.0 Å². The second-order valence-corrected chi connectivity index (χ2v) is 8.13. The third-order valence-electron chi connectivity index (χ3n) is 5.80. The van der Waals surface area contributed by atoms with Gasteiger partial charge < -0.3 is 10.3 Å². The zero-order valence-corrected chi connectivity index (χ0v) is 19.2. The van der Waals surface area contributed by atoms with Gasteiger partial charge >= 0.3 is 6.18 Å². The second-order valence-electron chi connectivity index (χ2n) is 8.13. The molecule has 0 spiro atoms. The summed E-state index contributed by atoms with van der Waals surface area (Å²) >= 11 is 0. The molecule has 0 atom stereocenters. The Morgan fingerprint density at radius 1 is 0.944 bits per heavy atom. The first-order chi connectivity index (χ1) is 17.0. The number of nitrogens with two attached hydrogens (primary N) is 1. The largest absolute Gasteiger partial charge is 0.416 e. The Morgan fingerprint density at radius 3 is 2.17 bits per heavy atom. The molecule has 2 N–H and O–H groups in total. The lowest BCUT2D eigenvalue weighted by Gasteiger charge is -2.20. The topological polar surface area (TPSA) is 60.9 Å². The molecular formula is C27H20F5N3O. The number of benzene rings is 3. The molecule has 4 nitrogen and oxygen atoms in total. The number of aromatic nitrogens is 2. The Balaban J connectivity index is 2.04. The summed E-state index contributed by atoms with van der Waals surface area (Å²) in [7, 11) is 1.54. The van der Waals surface area contributed by atoms with Crippen LogP contribution in [-0.2, 0) is 13.2 Å². The van der Waals surface area contributed by atoms with Crippen molar-refractivity contribution in [3.63, 3.8) is 0 Å². The zero-order chi connectivity index (χ0) is 26.2. The Morgan fingerprint density at radius 2 is 1.58 bits per heavy atom. The summed E-state index contributed by atoms with van der Waals surface area (Å²) < 4.78 is 69.4. The first-order valence-electron chi connectivity index (χ1n) is 10.7. The molecule has 1 heterocycles. The fraction of sp³-hybridized carbons (Fsp3) is 0.111. The molecule has 3 aromatic carbocycles. The van der Waals surface area contributed by atoms with Crippen LogP contribution in [0.2, 0.25) is 0 Å². The van der Waals surface area contributed by atoms with Crippen molar-refractivity contribution in [3.8, 4) is 11.3 Å². The van der Waals surface area contributed by atoms with Gasteiger partial charge in [-0.05, 0) is 42.3 Å². The fourth-order valence-electron chi connectivity index (χ4n) is 4.00. The van der Waals surface area contributed by atoms with Crippen LogP contribution in [0, 0.1) is 18.6 Å². The van der Waals surface area contributed by atoms with Gasteiger partial charge in [-0.2, -0.15) is 18.2 Å². The van der Waals surface area contributed by atoms with Gasteiger partial charge in [0.15, 0.2) is 0 Å². The Kier molecular flexibility index (Phi) is 6.49. The van der Waals surface area contributed by atoms with Crippen LogP contribution in [0.5, 0.6) is 0 Å². The van der Waals surface area contributed by atoms with Crippen LogP contribution in [0.25, 0.3) is 22.5 Å². The number of rotatable bonds is 4. The Hall–Kier alpha value is -4.27. The van der Waals surface area contributed by atoms with Crippen LogP contribution < -0.4 is 11.3 Å². The van der Waals surface area contributed by atoms with E-state index in [0.717, 1.165) is 18.2 Å². The van der Waals surface area contributed by atoms with Gasteiger partial charge in [0, 0.05) is 24.2 Å². The lowest BCUT2D eigenvalue weighted by molar-refractivity contribution is -0.137. The quantitative estimate of drug-likeness (QED) is 0.281. The molecule has 0 fully saturated rings. The first kappa shape index (κ1) is 24.8.